The van der Waals surface area contributed by atoms with E-state index in [1.54, 1.807) is 6.07 Å². The van der Waals surface area contributed by atoms with Crippen LogP contribution in [-0.4, -0.2) is 25.0 Å². The normalized spacial score (nSPS) is 11.5. The minimum absolute atomic E-state index is 0.146. The van der Waals surface area contributed by atoms with Gasteiger partial charge in [-0.1, -0.05) is 32.6 Å². The van der Waals surface area contributed by atoms with E-state index in [-0.39, 0.29) is 11.6 Å². The number of pyridine rings is 1. The lowest BCUT2D eigenvalue weighted by Gasteiger charge is -2.35. The van der Waals surface area contributed by atoms with Crippen LogP contribution < -0.4 is 0 Å². The SMILES string of the molecule is CC(C)(C)[Si](C)(C)OCC#Cc1cc(C#N)cnc1CO. The van der Waals surface area contributed by atoms with E-state index >= 15 is 0 Å². The molecule has 0 aliphatic rings. The summed E-state index contributed by atoms with van der Waals surface area (Å²) < 4.78 is 5.96. The number of rotatable bonds is 3. The quantitative estimate of drug-likeness (QED) is 0.689. The molecule has 1 rings (SSSR count). The Hall–Kier alpha value is -1.66. The molecule has 0 aliphatic heterocycles. The highest BCUT2D eigenvalue weighted by atomic mass is 28.4. The van der Waals surface area contributed by atoms with Crippen LogP contribution in [0.4, 0.5) is 0 Å². The van der Waals surface area contributed by atoms with Gasteiger partial charge in [0.2, 0.25) is 0 Å². The second-order valence-corrected chi connectivity index (χ2v) is 11.1. The van der Waals surface area contributed by atoms with Gasteiger partial charge in [0.15, 0.2) is 8.32 Å². The summed E-state index contributed by atoms with van der Waals surface area (Å²) in [5, 5.41) is 18.3. The van der Waals surface area contributed by atoms with Gasteiger partial charge < -0.3 is 9.53 Å². The Kier molecular flexibility index (Phi) is 5.68. The minimum atomic E-state index is -1.80. The van der Waals surface area contributed by atoms with E-state index < -0.39 is 8.32 Å². The van der Waals surface area contributed by atoms with Crippen molar-refractivity contribution in [1.29, 1.82) is 5.26 Å². The molecule has 0 spiro atoms. The first-order chi connectivity index (χ1) is 9.71. The lowest BCUT2D eigenvalue weighted by molar-refractivity contribution is 0.276. The molecule has 0 amide bonds. The zero-order chi connectivity index (χ0) is 16.1. The Balaban J connectivity index is 2.83. The van der Waals surface area contributed by atoms with Crippen LogP contribution in [0.3, 0.4) is 0 Å². The highest BCUT2D eigenvalue weighted by Gasteiger charge is 2.36. The molecular weight excluding hydrogens is 280 g/mol. The van der Waals surface area contributed by atoms with Crippen LogP contribution >= 0.6 is 0 Å². The standard InChI is InChI=1S/C16H22N2O2Si/c1-16(2,3)21(4,5)20-8-6-7-14-9-13(10-17)11-18-15(14)12-19/h9,11,19H,8,12H2,1-5H3. The molecule has 0 aromatic carbocycles. The number of hydrogen-bond donors (Lipinski definition) is 1. The number of aliphatic hydroxyl groups is 1. The minimum Gasteiger partial charge on any atom is -0.406 e. The molecule has 0 atom stereocenters. The average molecular weight is 302 g/mol. The van der Waals surface area contributed by atoms with Gasteiger partial charge in [0.25, 0.3) is 0 Å². The lowest BCUT2D eigenvalue weighted by Crippen LogP contribution is -2.40. The van der Waals surface area contributed by atoms with Gasteiger partial charge in [-0.15, -0.1) is 0 Å². The molecule has 4 nitrogen and oxygen atoms in total. The van der Waals surface area contributed by atoms with Crippen molar-refractivity contribution in [2.45, 2.75) is 45.5 Å². The topological polar surface area (TPSA) is 66.1 Å². The predicted molar refractivity (Wildman–Crippen MR) is 84.9 cm³/mol. The van der Waals surface area contributed by atoms with Crippen molar-refractivity contribution in [2.75, 3.05) is 6.61 Å². The first-order valence-electron chi connectivity index (χ1n) is 6.84. The zero-order valence-electron chi connectivity index (χ0n) is 13.3. The summed E-state index contributed by atoms with van der Waals surface area (Å²) in [5.74, 6) is 5.89. The molecule has 0 aliphatic carbocycles. The fourth-order valence-corrected chi connectivity index (χ4v) is 2.22. The largest absolute Gasteiger partial charge is 0.406 e. The smallest absolute Gasteiger partial charge is 0.193 e. The molecular formula is C16H22N2O2Si. The fraction of sp³-hybridized carbons (Fsp3) is 0.500. The Morgan fingerprint density at radius 1 is 1.38 bits per heavy atom. The highest BCUT2D eigenvalue weighted by molar-refractivity contribution is 6.74. The van der Waals surface area contributed by atoms with Crippen molar-refractivity contribution in [3.8, 4) is 17.9 Å². The van der Waals surface area contributed by atoms with E-state index in [1.165, 1.54) is 6.20 Å². The van der Waals surface area contributed by atoms with Crippen molar-refractivity contribution in [2.24, 2.45) is 0 Å². The zero-order valence-corrected chi connectivity index (χ0v) is 14.3. The Morgan fingerprint density at radius 2 is 2.05 bits per heavy atom. The number of aromatic nitrogens is 1. The van der Waals surface area contributed by atoms with Crippen molar-refractivity contribution < 1.29 is 9.53 Å². The first kappa shape index (κ1) is 17.4. The van der Waals surface area contributed by atoms with Gasteiger partial charge in [-0.2, -0.15) is 5.26 Å². The summed E-state index contributed by atoms with van der Waals surface area (Å²) in [4.78, 5) is 4.03. The molecule has 0 saturated carbocycles. The van der Waals surface area contributed by atoms with Crippen LogP contribution in [0.1, 0.15) is 37.6 Å². The van der Waals surface area contributed by atoms with Crippen molar-refractivity contribution in [3.63, 3.8) is 0 Å². The van der Waals surface area contributed by atoms with Crippen LogP contribution in [-0.2, 0) is 11.0 Å². The maximum atomic E-state index is 9.24. The number of nitriles is 1. The van der Waals surface area contributed by atoms with Gasteiger partial charge in [-0.05, 0) is 24.2 Å². The number of hydrogen-bond acceptors (Lipinski definition) is 4. The van der Waals surface area contributed by atoms with Gasteiger partial charge in [0, 0.05) is 11.8 Å². The van der Waals surface area contributed by atoms with Crippen molar-refractivity contribution >= 4 is 8.32 Å². The van der Waals surface area contributed by atoms with E-state index in [4.69, 9.17) is 9.69 Å². The van der Waals surface area contributed by atoms with Gasteiger partial charge in [0.05, 0.1) is 24.5 Å². The summed E-state index contributed by atoms with van der Waals surface area (Å²) >= 11 is 0. The fourth-order valence-electron chi connectivity index (χ4n) is 1.35. The second kappa shape index (κ2) is 6.86. The number of aliphatic hydroxyl groups excluding tert-OH is 1. The maximum absolute atomic E-state index is 9.24. The lowest BCUT2D eigenvalue weighted by atomic mass is 10.1. The Bertz CT molecular complexity index is 601. The molecule has 1 heterocycles. The third-order valence-electron chi connectivity index (χ3n) is 3.78. The number of nitrogens with zero attached hydrogens (tertiary/aromatic N) is 2. The summed E-state index contributed by atoms with van der Waals surface area (Å²) in [5.41, 5.74) is 1.49. The molecule has 0 fully saturated rings. The summed E-state index contributed by atoms with van der Waals surface area (Å²) in [6.07, 6.45) is 1.43. The van der Waals surface area contributed by atoms with Crippen LogP contribution in [0.5, 0.6) is 0 Å². The van der Waals surface area contributed by atoms with Crippen molar-refractivity contribution in [1.82, 2.24) is 4.98 Å². The van der Waals surface area contributed by atoms with Crippen LogP contribution in [0, 0.1) is 23.2 Å². The summed E-state index contributed by atoms with van der Waals surface area (Å²) in [7, 11) is -1.80. The second-order valence-electron chi connectivity index (χ2n) is 6.34. The maximum Gasteiger partial charge on any atom is 0.193 e. The molecule has 0 radical (unpaired) electrons. The van der Waals surface area contributed by atoms with Crippen LogP contribution in [0.15, 0.2) is 12.3 Å². The van der Waals surface area contributed by atoms with E-state index in [9.17, 15) is 5.11 Å². The van der Waals surface area contributed by atoms with Gasteiger partial charge >= 0.3 is 0 Å². The first-order valence-corrected chi connectivity index (χ1v) is 9.75. The van der Waals surface area contributed by atoms with Gasteiger partial charge in [-0.3, -0.25) is 4.98 Å². The third kappa shape index (κ3) is 4.68. The van der Waals surface area contributed by atoms with E-state index in [2.05, 4.69) is 50.7 Å². The monoisotopic (exact) mass is 302 g/mol. The molecule has 0 saturated heterocycles. The van der Waals surface area contributed by atoms with Crippen molar-refractivity contribution in [3.05, 3.63) is 29.1 Å². The molecule has 112 valence electrons. The summed E-state index contributed by atoms with van der Waals surface area (Å²) in [6.45, 7) is 11.0. The average Bonchev–Trinajstić information content (AvgIpc) is 2.42. The Morgan fingerprint density at radius 3 is 2.57 bits per heavy atom. The van der Waals surface area contributed by atoms with Crippen LogP contribution in [0.25, 0.3) is 0 Å². The highest BCUT2D eigenvalue weighted by Crippen LogP contribution is 2.36. The van der Waals surface area contributed by atoms with E-state index in [1.807, 2.05) is 6.07 Å². The molecule has 0 bridgehead atoms. The van der Waals surface area contributed by atoms with Gasteiger partial charge in [-0.25, -0.2) is 0 Å². The predicted octanol–water partition coefficient (Wildman–Crippen LogP) is 2.82. The molecule has 1 aromatic rings. The molecule has 21 heavy (non-hydrogen) atoms. The summed E-state index contributed by atoms with van der Waals surface area (Å²) in [6, 6.07) is 3.65. The van der Waals surface area contributed by atoms with Crippen LogP contribution in [0.2, 0.25) is 18.1 Å². The molecule has 5 heteroatoms. The van der Waals surface area contributed by atoms with E-state index in [0.29, 0.717) is 23.4 Å². The van der Waals surface area contributed by atoms with E-state index in [0.717, 1.165) is 0 Å². The Labute approximate surface area is 127 Å². The van der Waals surface area contributed by atoms with Gasteiger partial charge in [0.1, 0.15) is 6.07 Å². The third-order valence-corrected chi connectivity index (χ3v) is 8.26. The molecule has 0 unspecified atom stereocenters. The molecule has 1 N–H and O–H groups in total. The molecule has 1 aromatic heterocycles.